The van der Waals surface area contributed by atoms with Crippen molar-refractivity contribution in [1.82, 2.24) is 46.6 Å². The average molecular weight is 850 g/mol. The number of amides is 8. The molecule has 6 atom stereocenters. The summed E-state index contributed by atoms with van der Waals surface area (Å²) < 4.78 is 0. The number of carbonyl (C=O) groups excluding carboxylic acids is 9. The van der Waals surface area contributed by atoms with Crippen LogP contribution in [0.4, 0.5) is 0 Å². The molecule has 23 heteroatoms. The highest BCUT2D eigenvalue weighted by Gasteiger charge is 2.42. The quantitative estimate of drug-likeness (QED) is 0.0297. The van der Waals surface area contributed by atoms with Gasteiger partial charge in [0.05, 0.1) is 31.8 Å². The fourth-order valence-electron chi connectivity index (χ4n) is 7.31. The molecule has 11 N–H and O–H groups in total. The van der Waals surface area contributed by atoms with Gasteiger partial charge in [-0.25, -0.2) is 0 Å². The Morgan fingerprint density at radius 2 is 1.33 bits per heavy atom. The smallest absolute Gasteiger partial charge is 0.303 e. The predicted octanol–water partition coefficient (Wildman–Crippen LogP) is -4.38. The highest BCUT2D eigenvalue weighted by atomic mass is 16.4. The number of rotatable bonds is 21. The Labute approximate surface area is 347 Å². The van der Waals surface area contributed by atoms with Gasteiger partial charge >= 0.3 is 5.97 Å². The zero-order valence-corrected chi connectivity index (χ0v) is 34.3. The second-order valence-corrected chi connectivity index (χ2v) is 15.4. The number of likely N-dealkylation sites (tertiary alicyclic amines) is 3. The van der Waals surface area contributed by atoms with Crippen LogP contribution in [-0.4, -0.2) is 172 Å². The fourth-order valence-corrected chi connectivity index (χ4v) is 7.31. The number of β-amino-alcohol motifs (C(OH)–C–C–N with tert-alkyl or cyclic N) is 1. The highest BCUT2D eigenvalue weighted by Crippen LogP contribution is 2.22. The number of nitrogens with zero attached hydrogens (tertiary/aromatic N) is 3. The minimum atomic E-state index is -1.52. The van der Waals surface area contributed by atoms with Gasteiger partial charge in [-0.15, -0.1) is 0 Å². The van der Waals surface area contributed by atoms with E-state index in [0.717, 1.165) is 4.90 Å². The van der Waals surface area contributed by atoms with Gasteiger partial charge in [-0.3, -0.25) is 53.4 Å². The molecule has 3 heterocycles. The summed E-state index contributed by atoms with van der Waals surface area (Å²) in [5.41, 5.74) is 5.34. The summed E-state index contributed by atoms with van der Waals surface area (Å²) in [7, 11) is 0. The summed E-state index contributed by atoms with van der Waals surface area (Å²) in [5, 5.41) is 42.1. The summed E-state index contributed by atoms with van der Waals surface area (Å²) in [6.07, 6.45) is -0.229. The molecule has 3 aliphatic rings. The number of carboxylic acid groups (broad SMARTS) is 1. The predicted molar refractivity (Wildman–Crippen MR) is 210 cm³/mol. The minimum Gasteiger partial charge on any atom is -0.481 e. The molecule has 8 amide bonds. The molecular formula is C37H59N11O12. The molecule has 0 saturated carbocycles. The number of carboxylic acids is 1. The number of hydrogen-bond acceptors (Lipinski definition) is 12. The van der Waals surface area contributed by atoms with Crippen LogP contribution >= 0.6 is 0 Å². The van der Waals surface area contributed by atoms with Crippen LogP contribution in [0, 0.1) is 11.3 Å². The summed E-state index contributed by atoms with van der Waals surface area (Å²) >= 11 is 0. The molecule has 6 unspecified atom stereocenters. The van der Waals surface area contributed by atoms with Gasteiger partial charge in [-0.2, -0.15) is 0 Å². The van der Waals surface area contributed by atoms with Crippen molar-refractivity contribution in [2.45, 2.75) is 115 Å². The molecule has 3 aliphatic heterocycles. The maximum Gasteiger partial charge on any atom is 0.303 e. The molecule has 60 heavy (non-hydrogen) atoms. The third-order valence-electron chi connectivity index (χ3n) is 10.5. The van der Waals surface area contributed by atoms with E-state index in [1.807, 2.05) is 0 Å². The Kier molecular flexibility index (Phi) is 18.6. The summed E-state index contributed by atoms with van der Waals surface area (Å²) in [6.45, 7) is 3.59. The van der Waals surface area contributed by atoms with Crippen LogP contribution in [-0.2, 0) is 47.9 Å². The first kappa shape index (κ1) is 48.5. The van der Waals surface area contributed by atoms with Crippen LogP contribution in [0.1, 0.15) is 78.6 Å². The Hall–Kier alpha value is -5.87. The van der Waals surface area contributed by atoms with Gasteiger partial charge in [0.2, 0.25) is 47.3 Å². The molecule has 0 radical (unpaired) electrons. The molecule has 3 rings (SSSR count). The number of Topliss-reactive ketones (excluding diaryl/α,β-unsaturated/α-hetero) is 1. The first-order chi connectivity index (χ1) is 28.3. The topological polar surface area (TPSA) is 343 Å². The molecule has 0 aromatic rings. The van der Waals surface area contributed by atoms with E-state index in [4.69, 9.17) is 11.1 Å². The number of carbonyl (C=O) groups is 10. The zero-order valence-electron chi connectivity index (χ0n) is 34.3. The van der Waals surface area contributed by atoms with Crippen molar-refractivity contribution >= 4 is 65.0 Å². The molecular weight excluding hydrogens is 790 g/mol. The minimum absolute atomic E-state index is 0.00594. The Balaban J connectivity index is 1.66. The Morgan fingerprint density at radius 1 is 0.733 bits per heavy atom. The van der Waals surface area contributed by atoms with Crippen molar-refractivity contribution in [2.75, 3.05) is 45.8 Å². The van der Waals surface area contributed by atoms with E-state index < -0.39 is 110 Å². The van der Waals surface area contributed by atoms with Crippen LogP contribution in [0.25, 0.3) is 0 Å². The van der Waals surface area contributed by atoms with Crippen molar-refractivity contribution in [3.05, 3.63) is 0 Å². The average Bonchev–Trinajstić information content (AvgIpc) is 3.97. The van der Waals surface area contributed by atoms with Crippen molar-refractivity contribution in [3.8, 4) is 0 Å². The standard InChI is InChI=1S/C37H59N11O12/c1-20(2)32(56)42-17-30(53)47-14-6-9-26(47)35(59)45-23(7-4-12-40-37(38)39)33(57)41-16-28(51)44-24(10-11-31(54)55)36(60)48-19-22(50)15-27(48)34(58)43-18-29(52)46-13-5-8-25(46)21(3)49/h20,22-27,50H,4-19H2,1-3H3,(H,41,57)(H,42,56)(H,43,58)(H,44,51)(H,45,59)(H,54,55)(H4,38,39,40). The normalized spacial score (nSPS) is 20.8. The molecule has 0 bridgehead atoms. The number of hydrogen-bond donors (Lipinski definition) is 10. The molecule has 0 aromatic carbocycles. The van der Waals surface area contributed by atoms with E-state index in [-0.39, 0.29) is 69.0 Å². The van der Waals surface area contributed by atoms with Crippen LogP contribution in [0.2, 0.25) is 0 Å². The Bertz CT molecular complexity index is 1660. The fraction of sp³-hybridized carbons (Fsp3) is 0.703. The SMILES string of the molecule is CC(=O)C1CCCN1C(=O)CNC(=O)C1CC(O)CN1C(=O)C(CCC(=O)O)NC(=O)CNC(=O)C(CCCNC(=N)N)NC(=O)C1CCCN1C(=O)CNC(=O)C(C)C. The summed E-state index contributed by atoms with van der Waals surface area (Å²) in [4.78, 5) is 132. The molecule has 0 aromatic heterocycles. The summed E-state index contributed by atoms with van der Waals surface area (Å²) in [6, 6.07) is -5.57. The second kappa shape index (κ2) is 23.1. The number of aliphatic hydroxyl groups excluding tert-OH is 1. The highest BCUT2D eigenvalue weighted by molar-refractivity contribution is 5.97. The van der Waals surface area contributed by atoms with Gasteiger partial charge in [-0.05, 0) is 51.9 Å². The zero-order chi connectivity index (χ0) is 44.7. The maximum atomic E-state index is 13.8. The van der Waals surface area contributed by atoms with Crippen molar-refractivity contribution in [2.24, 2.45) is 11.7 Å². The number of nitrogens with two attached hydrogens (primary N) is 1. The van der Waals surface area contributed by atoms with E-state index in [9.17, 15) is 58.2 Å². The van der Waals surface area contributed by atoms with Crippen molar-refractivity contribution < 1.29 is 58.2 Å². The number of nitrogens with one attached hydrogen (secondary N) is 7. The lowest BCUT2D eigenvalue weighted by atomic mass is 10.1. The molecule has 23 nitrogen and oxygen atoms in total. The number of ketones is 1. The number of aliphatic hydroxyl groups is 1. The lowest BCUT2D eigenvalue weighted by Crippen LogP contribution is -2.56. The molecule has 0 spiro atoms. The van der Waals surface area contributed by atoms with Crippen LogP contribution in [0.3, 0.4) is 0 Å². The van der Waals surface area contributed by atoms with E-state index in [1.165, 1.54) is 16.7 Å². The van der Waals surface area contributed by atoms with E-state index in [2.05, 4.69) is 31.9 Å². The Morgan fingerprint density at radius 3 is 1.93 bits per heavy atom. The van der Waals surface area contributed by atoms with Gasteiger partial charge in [0, 0.05) is 44.9 Å². The third-order valence-corrected chi connectivity index (χ3v) is 10.5. The van der Waals surface area contributed by atoms with Crippen molar-refractivity contribution in [1.29, 1.82) is 5.41 Å². The molecule has 334 valence electrons. The maximum absolute atomic E-state index is 13.8. The van der Waals surface area contributed by atoms with Crippen LogP contribution < -0.4 is 37.6 Å². The largest absolute Gasteiger partial charge is 0.481 e. The summed E-state index contributed by atoms with van der Waals surface area (Å²) in [5.74, 6) is -7.54. The van der Waals surface area contributed by atoms with Crippen LogP contribution in [0.5, 0.6) is 0 Å². The lowest BCUT2D eigenvalue weighted by Gasteiger charge is -2.29. The van der Waals surface area contributed by atoms with Gasteiger partial charge in [-0.1, -0.05) is 13.8 Å². The van der Waals surface area contributed by atoms with E-state index in [1.54, 1.807) is 13.8 Å². The van der Waals surface area contributed by atoms with E-state index in [0.29, 0.717) is 32.2 Å². The first-order valence-corrected chi connectivity index (χ1v) is 20.1. The second-order valence-electron chi connectivity index (χ2n) is 15.4. The molecule has 3 fully saturated rings. The molecule has 0 aliphatic carbocycles. The van der Waals surface area contributed by atoms with Gasteiger partial charge in [0.25, 0.3) is 0 Å². The van der Waals surface area contributed by atoms with Crippen molar-refractivity contribution in [3.63, 3.8) is 0 Å². The van der Waals surface area contributed by atoms with Crippen LogP contribution in [0.15, 0.2) is 0 Å². The number of guanidine groups is 1. The van der Waals surface area contributed by atoms with E-state index >= 15 is 0 Å². The third kappa shape index (κ3) is 14.4. The lowest BCUT2D eigenvalue weighted by molar-refractivity contribution is -0.143. The van der Waals surface area contributed by atoms with Gasteiger partial charge in [0.15, 0.2) is 11.7 Å². The number of aliphatic carboxylic acids is 1. The van der Waals surface area contributed by atoms with Gasteiger partial charge < -0.3 is 62.5 Å². The monoisotopic (exact) mass is 849 g/mol. The first-order valence-electron chi connectivity index (χ1n) is 20.1. The molecule has 3 saturated heterocycles. The van der Waals surface area contributed by atoms with Gasteiger partial charge in [0.1, 0.15) is 24.2 Å².